The molecule has 1 rings (SSSR count). The zero-order valence-electron chi connectivity index (χ0n) is 8.64. The summed E-state index contributed by atoms with van der Waals surface area (Å²) in [5.74, 6) is 1.45. The maximum atomic E-state index is 2.50. The first-order chi connectivity index (χ1) is 5.75. The van der Waals surface area contributed by atoms with Crippen molar-refractivity contribution in [3.63, 3.8) is 0 Å². The maximum absolute atomic E-state index is 2.50. The van der Waals surface area contributed by atoms with Gasteiger partial charge in [0.15, 0.2) is 0 Å². The van der Waals surface area contributed by atoms with Gasteiger partial charge in [0.1, 0.15) is 13.1 Å². The van der Waals surface area contributed by atoms with Crippen LogP contribution in [0.2, 0.25) is 0 Å². The van der Waals surface area contributed by atoms with Crippen LogP contribution >= 0.6 is 0 Å². The highest BCUT2D eigenvalue weighted by molar-refractivity contribution is 5.75. The summed E-state index contributed by atoms with van der Waals surface area (Å²) in [5, 5.41) is 0. The van der Waals surface area contributed by atoms with E-state index in [1.165, 1.54) is 44.7 Å². The number of likely N-dealkylation sites (N-methyl/N-ethyl adjacent to an activating group) is 1. The molecular formula is C10H21N2+. The first kappa shape index (κ1) is 9.56. The lowest BCUT2D eigenvalue weighted by Crippen LogP contribution is -2.27. The average molecular weight is 169 g/mol. The van der Waals surface area contributed by atoms with Gasteiger partial charge in [-0.2, -0.15) is 0 Å². The minimum Gasteiger partial charge on any atom is -0.265 e. The highest BCUT2D eigenvalue weighted by Crippen LogP contribution is 2.03. The Hall–Kier alpha value is -0.530. The molecule has 0 aromatic rings. The second-order valence-corrected chi connectivity index (χ2v) is 3.66. The van der Waals surface area contributed by atoms with Gasteiger partial charge >= 0.3 is 0 Å². The van der Waals surface area contributed by atoms with Gasteiger partial charge in [0.2, 0.25) is 5.84 Å². The van der Waals surface area contributed by atoms with E-state index in [0.717, 1.165) is 0 Å². The van der Waals surface area contributed by atoms with Crippen molar-refractivity contribution < 1.29 is 4.58 Å². The molecule has 0 amide bonds. The van der Waals surface area contributed by atoms with Gasteiger partial charge in [0.25, 0.3) is 0 Å². The molecule has 0 bridgehead atoms. The molecule has 12 heavy (non-hydrogen) atoms. The van der Waals surface area contributed by atoms with Crippen molar-refractivity contribution in [2.75, 3.05) is 26.7 Å². The Balaban J connectivity index is 2.26. The van der Waals surface area contributed by atoms with E-state index in [0.29, 0.717) is 0 Å². The molecule has 1 aliphatic rings. The maximum Gasteiger partial charge on any atom is 0.243 e. The van der Waals surface area contributed by atoms with Gasteiger partial charge in [-0.15, -0.1) is 0 Å². The second kappa shape index (κ2) is 4.48. The van der Waals surface area contributed by atoms with Crippen LogP contribution in [0.1, 0.15) is 33.1 Å². The van der Waals surface area contributed by atoms with Gasteiger partial charge in [0, 0.05) is 6.92 Å². The minimum atomic E-state index is 1.21. The molecule has 0 saturated heterocycles. The minimum absolute atomic E-state index is 1.21. The van der Waals surface area contributed by atoms with E-state index in [2.05, 4.69) is 30.4 Å². The fourth-order valence-electron chi connectivity index (χ4n) is 1.66. The molecule has 0 N–H and O–H groups in total. The number of nitrogens with zero attached hydrogens (tertiary/aromatic N) is 2. The third kappa shape index (κ3) is 2.23. The molecule has 1 aliphatic heterocycles. The Bertz CT molecular complexity index is 173. The third-order valence-corrected chi connectivity index (χ3v) is 2.75. The van der Waals surface area contributed by atoms with Crippen molar-refractivity contribution in [3.8, 4) is 0 Å². The predicted octanol–water partition coefficient (Wildman–Crippen LogP) is 1.55. The Morgan fingerprint density at radius 3 is 2.67 bits per heavy atom. The molecule has 0 fully saturated rings. The van der Waals surface area contributed by atoms with E-state index in [1.54, 1.807) is 0 Å². The number of amidine groups is 1. The molecule has 1 heterocycles. The molecule has 2 heteroatoms. The fraction of sp³-hybridized carbons (Fsp3) is 0.900. The van der Waals surface area contributed by atoms with Crippen molar-refractivity contribution in [1.82, 2.24) is 4.90 Å². The summed E-state index contributed by atoms with van der Waals surface area (Å²) in [7, 11) is 2.18. The van der Waals surface area contributed by atoms with Gasteiger partial charge in [-0.05, 0) is 12.8 Å². The molecule has 0 aromatic carbocycles. The fourth-order valence-corrected chi connectivity index (χ4v) is 1.66. The zero-order chi connectivity index (χ0) is 8.97. The Labute approximate surface area is 75.9 Å². The van der Waals surface area contributed by atoms with Crippen LogP contribution in [0.4, 0.5) is 0 Å². The monoisotopic (exact) mass is 169 g/mol. The molecule has 0 atom stereocenters. The van der Waals surface area contributed by atoms with Crippen molar-refractivity contribution in [1.29, 1.82) is 0 Å². The second-order valence-electron chi connectivity index (χ2n) is 3.66. The van der Waals surface area contributed by atoms with Gasteiger partial charge in [0.05, 0.1) is 13.6 Å². The lowest BCUT2D eigenvalue weighted by atomic mass is 10.2. The summed E-state index contributed by atoms with van der Waals surface area (Å²) in [6, 6.07) is 0. The average Bonchev–Trinajstić information content (AvgIpc) is 2.36. The summed E-state index contributed by atoms with van der Waals surface area (Å²) in [4.78, 5) is 2.50. The van der Waals surface area contributed by atoms with Crippen molar-refractivity contribution in [2.24, 2.45) is 0 Å². The first-order valence-electron chi connectivity index (χ1n) is 5.05. The quantitative estimate of drug-likeness (QED) is 0.457. The van der Waals surface area contributed by atoms with E-state index in [4.69, 9.17) is 0 Å². The number of rotatable bonds is 4. The molecule has 0 unspecified atom stereocenters. The van der Waals surface area contributed by atoms with Crippen molar-refractivity contribution in [3.05, 3.63) is 0 Å². The molecule has 0 saturated carbocycles. The zero-order valence-corrected chi connectivity index (χ0v) is 8.64. The normalized spacial score (nSPS) is 17.8. The van der Waals surface area contributed by atoms with Gasteiger partial charge in [-0.1, -0.05) is 13.3 Å². The van der Waals surface area contributed by atoms with E-state index in [9.17, 15) is 0 Å². The van der Waals surface area contributed by atoms with E-state index >= 15 is 0 Å². The van der Waals surface area contributed by atoms with E-state index < -0.39 is 0 Å². The number of hydrogen-bond donors (Lipinski definition) is 0. The van der Waals surface area contributed by atoms with Crippen LogP contribution in [0.5, 0.6) is 0 Å². The van der Waals surface area contributed by atoms with Crippen molar-refractivity contribution >= 4 is 5.84 Å². The molecule has 0 spiro atoms. The van der Waals surface area contributed by atoms with Crippen LogP contribution in [0.15, 0.2) is 0 Å². The van der Waals surface area contributed by atoms with E-state index in [-0.39, 0.29) is 0 Å². The van der Waals surface area contributed by atoms with Crippen LogP contribution in [-0.4, -0.2) is 42.0 Å². The van der Waals surface area contributed by atoms with E-state index in [1.807, 2.05) is 0 Å². The highest BCUT2D eigenvalue weighted by Gasteiger charge is 2.22. The summed E-state index contributed by atoms with van der Waals surface area (Å²) in [5.41, 5.74) is 0. The Kier molecular flexibility index (Phi) is 3.57. The topological polar surface area (TPSA) is 6.25 Å². The standard InChI is InChI=1S/C10H21N2/c1-4-5-6-7-12-9-8-11(3)10(12)2/h4-9H2,1-3H3/q+1. The van der Waals surface area contributed by atoms with Crippen molar-refractivity contribution in [2.45, 2.75) is 33.1 Å². The van der Waals surface area contributed by atoms with Crippen LogP contribution < -0.4 is 0 Å². The van der Waals surface area contributed by atoms with Gasteiger partial charge in [-0.3, -0.25) is 9.48 Å². The largest absolute Gasteiger partial charge is 0.265 e. The SMILES string of the molecule is CCCCCN1CC[N+](C)=C1C. The van der Waals surface area contributed by atoms with Crippen LogP contribution in [-0.2, 0) is 0 Å². The highest BCUT2D eigenvalue weighted by atomic mass is 15.3. The Morgan fingerprint density at radius 2 is 2.17 bits per heavy atom. The summed E-state index contributed by atoms with van der Waals surface area (Å²) < 4.78 is 2.34. The van der Waals surface area contributed by atoms with Crippen LogP contribution in [0.3, 0.4) is 0 Å². The smallest absolute Gasteiger partial charge is 0.243 e. The predicted molar refractivity (Wildman–Crippen MR) is 52.8 cm³/mol. The van der Waals surface area contributed by atoms with Crippen LogP contribution in [0, 0.1) is 0 Å². The third-order valence-electron chi connectivity index (χ3n) is 2.75. The first-order valence-corrected chi connectivity index (χ1v) is 5.05. The number of unbranched alkanes of at least 4 members (excludes halogenated alkanes) is 2. The summed E-state index contributed by atoms with van der Waals surface area (Å²) >= 11 is 0. The van der Waals surface area contributed by atoms with Gasteiger partial charge < -0.3 is 0 Å². The number of hydrogen-bond acceptors (Lipinski definition) is 1. The lowest BCUT2D eigenvalue weighted by molar-refractivity contribution is -0.487. The molecule has 0 aliphatic carbocycles. The van der Waals surface area contributed by atoms with Gasteiger partial charge in [-0.25, -0.2) is 0 Å². The molecule has 2 nitrogen and oxygen atoms in total. The molecule has 0 radical (unpaired) electrons. The van der Waals surface area contributed by atoms with Crippen LogP contribution in [0.25, 0.3) is 0 Å². The lowest BCUT2D eigenvalue weighted by Gasteiger charge is -2.09. The Morgan fingerprint density at radius 1 is 1.42 bits per heavy atom. The summed E-state index contributed by atoms with van der Waals surface area (Å²) in [6.07, 6.45) is 4.04. The summed E-state index contributed by atoms with van der Waals surface area (Å²) in [6.45, 7) is 8.17. The molecular weight excluding hydrogens is 148 g/mol. The molecule has 0 aromatic heterocycles. The molecule has 70 valence electrons.